The highest BCUT2D eigenvalue weighted by Crippen LogP contribution is 2.39. The summed E-state index contributed by atoms with van der Waals surface area (Å²) in [7, 11) is 0. The van der Waals surface area contributed by atoms with Crippen LogP contribution < -0.4 is 10.6 Å². The summed E-state index contributed by atoms with van der Waals surface area (Å²) < 4.78 is 44.9. The van der Waals surface area contributed by atoms with E-state index in [0.29, 0.717) is 21.6 Å². The summed E-state index contributed by atoms with van der Waals surface area (Å²) in [4.78, 5) is 13.1. The molecule has 11 heteroatoms. The molecule has 0 spiro atoms. The van der Waals surface area contributed by atoms with Gasteiger partial charge in [-0.15, -0.1) is 10.2 Å². The van der Waals surface area contributed by atoms with Crippen LogP contribution in [0.4, 0.5) is 24.0 Å². The van der Waals surface area contributed by atoms with E-state index in [1.54, 1.807) is 36.6 Å². The maximum atomic E-state index is 13.1. The van der Waals surface area contributed by atoms with Crippen molar-refractivity contribution in [2.75, 3.05) is 10.6 Å². The Morgan fingerprint density at radius 3 is 2.61 bits per heavy atom. The van der Waals surface area contributed by atoms with Crippen LogP contribution in [-0.2, 0) is 17.5 Å². The predicted octanol–water partition coefficient (Wildman–Crippen LogP) is 6.23. The Hall–Kier alpha value is -3.31. The van der Waals surface area contributed by atoms with Crippen molar-refractivity contribution in [2.24, 2.45) is 0 Å². The van der Waals surface area contributed by atoms with Gasteiger partial charge in [-0.1, -0.05) is 59.5 Å². The summed E-state index contributed by atoms with van der Waals surface area (Å²) in [5.41, 5.74) is -0.0812. The Labute approximate surface area is 195 Å². The monoisotopic (exact) mass is 490 g/mol. The zero-order valence-electron chi connectivity index (χ0n) is 16.9. The van der Waals surface area contributed by atoms with Crippen LogP contribution in [0.5, 0.6) is 0 Å². The third-order valence-corrected chi connectivity index (χ3v) is 6.64. The number of nitrogens with one attached hydrogen (secondary N) is 2. The van der Waals surface area contributed by atoms with Gasteiger partial charge >= 0.3 is 6.18 Å². The maximum absolute atomic E-state index is 13.1. The second kappa shape index (κ2) is 10.1. The number of rotatable bonds is 8. The topological polar surface area (TPSA) is 80.0 Å². The first kappa shape index (κ1) is 22.9. The van der Waals surface area contributed by atoms with E-state index in [9.17, 15) is 18.0 Å². The van der Waals surface area contributed by atoms with Crippen LogP contribution in [0.2, 0.25) is 0 Å². The lowest BCUT2D eigenvalue weighted by Crippen LogP contribution is -2.19. The Bertz CT molecular complexity index is 1200. The van der Waals surface area contributed by atoms with Gasteiger partial charge in [0.25, 0.3) is 0 Å². The number of amides is 1. The second-order valence-electron chi connectivity index (χ2n) is 6.78. The number of alkyl halides is 3. The van der Waals surface area contributed by atoms with Crippen LogP contribution >= 0.6 is 23.1 Å². The molecule has 0 fully saturated rings. The Kier molecular flexibility index (Phi) is 6.99. The fraction of sp³-hybridized carbons (Fsp3) is 0.136. The molecule has 1 amide bonds. The van der Waals surface area contributed by atoms with E-state index < -0.39 is 22.9 Å². The second-order valence-corrected chi connectivity index (χ2v) is 9.11. The molecule has 4 aromatic rings. The Morgan fingerprint density at radius 1 is 1.06 bits per heavy atom. The smallest absolute Gasteiger partial charge is 0.416 e. The first-order chi connectivity index (χ1) is 15.9. The summed E-state index contributed by atoms with van der Waals surface area (Å²) in [6.45, 7) is 0.435. The van der Waals surface area contributed by atoms with Crippen molar-refractivity contribution >= 4 is 39.8 Å². The summed E-state index contributed by atoms with van der Waals surface area (Å²) in [5.74, 6) is 0.271. The molecular weight excluding hydrogens is 473 g/mol. The molecule has 33 heavy (non-hydrogen) atoms. The molecule has 6 nitrogen and oxygen atoms in total. The van der Waals surface area contributed by atoms with Gasteiger partial charge in [-0.2, -0.15) is 13.2 Å². The number of benzene rings is 2. The molecule has 2 aromatic heterocycles. The number of carbonyl (C=O) groups excluding carboxylic acids is 1. The van der Waals surface area contributed by atoms with Crippen LogP contribution in [0.25, 0.3) is 0 Å². The van der Waals surface area contributed by atoms with Gasteiger partial charge in [-0.3, -0.25) is 4.79 Å². The molecule has 2 N–H and O–H groups in total. The summed E-state index contributed by atoms with van der Waals surface area (Å²) in [6, 6.07) is 17.1. The number of furan rings is 1. The summed E-state index contributed by atoms with van der Waals surface area (Å²) in [5, 5.41) is 13.7. The zero-order valence-corrected chi connectivity index (χ0v) is 18.5. The summed E-state index contributed by atoms with van der Waals surface area (Å²) >= 11 is 2.44. The molecule has 4 rings (SSSR count). The van der Waals surface area contributed by atoms with Gasteiger partial charge in [0.1, 0.15) is 11.0 Å². The highest BCUT2D eigenvalue weighted by atomic mass is 32.2. The van der Waals surface area contributed by atoms with Gasteiger partial charge in [-0.05, 0) is 35.9 Å². The van der Waals surface area contributed by atoms with Gasteiger partial charge in [0.2, 0.25) is 11.0 Å². The highest BCUT2D eigenvalue weighted by molar-refractivity contribution is 8.02. The van der Waals surface area contributed by atoms with Crippen molar-refractivity contribution in [3.05, 3.63) is 89.9 Å². The molecule has 170 valence electrons. The van der Waals surface area contributed by atoms with Crippen LogP contribution in [-0.4, -0.2) is 16.1 Å². The van der Waals surface area contributed by atoms with E-state index >= 15 is 0 Å². The van der Waals surface area contributed by atoms with Crippen molar-refractivity contribution in [1.82, 2.24) is 10.2 Å². The Balaban J connectivity index is 1.50. The number of anilines is 2. The van der Waals surface area contributed by atoms with E-state index in [1.807, 2.05) is 12.1 Å². The van der Waals surface area contributed by atoms with Crippen LogP contribution in [0.3, 0.4) is 0 Å². The normalized spacial score (nSPS) is 12.3. The van der Waals surface area contributed by atoms with Crippen LogP contribution in [0, 0.1) is 0 Å². The van der Waals surface area contributed by atoms with E-state index in [2.05, 4.69) is 20.8 Å². The number of carbonyl (C=O) groups is 1. The predicted molar refractivity (Wildman–Crippen MR) is 121 cm³/mol. The van der Waals surface area contributed by atoms with E-state index in [4.69, 9.17) is 4.42 Å². The number of thioether (sulfide) groups is 1. The van der Waals surface area contributed by atoms with Gasteiger partial charge in [0.05, 0.1) is 18.4 Å². The molecular formula is C22H17F3N4O2S2. The van der Waals surface area contributed by atoms with Gasteiger partial charge < -0.3 is 15.1 Å². The minimum absolute atomic E-state index is 0.0643. The lowest BCUT2D eigenvalue weighted by molar-refractivity contribution is -0.137. The van der Waals surface area contributed by atoms with Crippen molar-refractivity contribution < 1.29 is 22.4 Å². The molecule has 0 aliphatic rings. The molecule has 0 saturated heterocycles. The SMILES string of the molecule is O=C(Nc1cccc(C(F)(F)F)c1)C(Sc1nnc(NCc2ccco2)s1)c1ccccc1. The average molecular weight is 491 g/mol. The van der Waals surface area contributed by atoms with Crippen molar-refractivity contribution in [1.29, 1.82) is 0 Å². The minimum Gasteiger partial charge on any atom is -0.467 e. The van der Waals surface area contributed by atoms with Crippen LogP contribution in [0.15, 0.2) is 81.8 Å². The summed E-state index contributed by atoms with van der Waals surface area (Å²) in [6.07, 6.45) is -2.92. The quantitative estimate of drug-likeness (QED) is 0.285. The number of aromatic nitrogens is 2. The third-order valence-electron chi connectivity index (χ3n) is 4.42. The number of hydrogen-bond acceptors (Lipinski definition) is 7. The number of nitrogens with zero attached hydrogens (tertiary/aromatic N) is 2. The molecule has 0 aliphatic heterocycles. The molecule has 0 aliphatic carbocycles. The van der Waals surface area contributed by atoms with E-state index in [0.717, 1.165) is 17.9 Å². The standard InChI is InChI=1S/C22H17F3N4O2S2/c23-22(24,25)15-8-4-9-16(12-15)27-19(30)18(14-6-2-1-3-7-14)32-21-29-28-20(33-21)26-13-17-10-5-11-31-17/h1-12,18H,13H2,(H,26,28)(H,27,30). The van der Waals surface area contributed by atoms with Crippen molar-refractivity contribution in [3.8, 4) is 0 Å². The van der Waals surface area contributed by atoms with Gasteiger partial charge in [-0.25, -0.2) is 0 Å². The Morgan fingerprint density at radius 2 is 1.88 bits per heavy atom. The van der Waals surface area contributed by atoms with Crippen molar-refractivity contribution in [2.45, 2.75) is 22.3 Å². The molecule has 0 bridgehead atoms. The first-order valence-corrected chi connectivity index (χ1v) is 11.4. The van der Waals surface area contributed by atoms with Crippen molar-refractivity contribution in [3.63, 3.8) is 0 Å². The molecule has 0 saturated carbocycles. The lowest BCUT2D eigenvalue weighted by atomic mass is 10.1. The van der Waals surface area contributed by atoms with Crippen LogP contribution in [0.1, 0.15) is 22.1 Å². The maximum Gasteiger partial charge on any atom is 0.416 e. The fourth-order valence-corrected chi connectivity index (χ4v) is 4.83. The van der Waals surface area contributed by atoms with Gasteiger partial charge in [0.15, 0.2) is 4.34 Å². The molecule has 1 atom stereocenters. The number of halogens is 3. The van der Waals surface area contributed by atoms with Gasteiger partial charge in [0, 0.05) is 5.69 Å². The molecule has 0 radical (unpaired) electrons. The number of hydrogen-bond donors (Lipinski definition) is 2. The molecule has 2 aromatic carbocycles. The zero-order chi connectivity index (χ0) is 23.3. The molecule has 2 heterocycles. The highest BCUT2D eigenvalue weighted by Gasteiger charge is 2.31. The molecule has 1 unspecified atom stereocenters. The lowest BCUT2D eigenvalue weighted by Gasteiger charge is -2.16. The fourth-order valence-electron chi connectivity index (χ4n) is 2.89. The largest absolute Gasteiger partial charge is 0.467 e. The first-order valence-electron chi connectivity index (χ1n) is 9.68. The third kappa shape index (κ3) is 6.14. The average Bonchev–Trinajstić information content (AvgIpc) is 3.48. The van der Waals surface area contributed by atoms with E-state index in [-0.39, 0.29) is 5.69 Å². The minimum atomic E-state index is -4.50. The van der Waals surface area contributed by atoms with E-state index in [1.165, 1.54) is 35.2 Å².